The number of hydrogen-bond acceptors (Lipinski definition) is 3. The minimum Gasteiger partial charge on any atom is -0.480 e. The van der Waals surface area contributed by atoms with Crippen molar-refractivity contribution in [2.45, 2.75) is 32.2 Å². The normalized spacial score (nSPS) is 11.9. The molecule has 0 spiro atoms. The van der Waals surface area contributed by atoms with Crippen LogP contribution in [0.25, 0.3) is 11.1 Å². The average molecular weight is 317 g/mol. The van der Waals surface area contributed by atoms with E-state index >= 15 is 0 Å². The number of unbranched alkanes of at least 4 members (excludes halogenated alkanes) is 1. The first-order valence-corrected chi connectivity index (χ1v) is 8.18. The second kappa shape index (κ2) is 7.75. The van der Waals surface area contributed by atoms with Crippen LogP contribution in [0.1, 0.15) is 35.9 Å². The third kappa shape index (κ3) is 3.95. The number of nitrogens with one attached hydrogen (secondary N) is 1. The fraction of sp³-hybridized carbons (Fsp3) is 0.294. The summed E-state index contributed by atoms with van der Waals surface area (Å²) in [5.74, 6) is -1.31. The van der Waals surface area contributed by atoms with Gasteiger partial charge in [-0.1, -0.05) is 50.1 Å². The Labute approximate surface area is 133 Å². The lowest BCUT2D eigenvalue weighted by molar-refractivity contribution is -0.139. The zero-order valence-corrected chi connectivity index (χ0v) is 13.2. The predicted molar refractivity (Wildman–Crippen MR) is 88.2 cm³/mol. The van der Waals surface area contributed by atoms with E-state index in [-0.39, 0.29) is 5.91 Å². The van der Waals surface area contributed by atoms with Gasteiger partial charge in [0.2, 0.25) is 0 Å². The number of thiophene rings is 1. The number of rotatable bonds is 7. The molecule has 116 valence electrons. The summed E-state index contributed by atoms with van der Waals surface area (Å²) < 4.78 is 0. The van der Waals surface area contributed by atoms with Gasteiger partial charge in [0.25, 0.3) is 5.91 Å². The van der Waals surface area contributed by atoms with Crippen molar-refractivity contribution >= 4 is 23.2 Å². The summed E-state index contributed by atoms with van der Waals surface area (Å²) in [5.41, 5.74) is 1.79. The first-order chi connectivity index (χ1) is 10.6. The highest BCUT2D eigenvalue weighted by molar-refractivity contribution is 7.12. The van der Waals surface area contributed by atoms with Crippen LogP contribution < -0.4 is 5.32 Å². The minimum atomic E-state index is -0.986. The Hall–Kier alpha value is -2.14. The molecule has 2 rings (SSSR count). The summed E-state index contributed by atoms with van der Waals surface area (Å²) >= 11 is 1.33. The molecule has 1 aromatic carbocycles. The van der Waals surface area contributed by atoms with Gasteiger partial charge < -0.3 is 10.4 Å². The molecule has 1 heterocycles. The van der Waals surface area contributed by atoms with E-state index in [1.165, 1.54) is 11.3 Å². The number of benzene rings is 1. The molecule has 2 N–H and O–H groups in total. The number of carboxylic acid groups (broad SMARTS) is 1. The predicted octanol–water partition coefficient (Wildman–Crippen LogP) is 3.79. The van der Waals surface area contributed by atoms with Gasteiger partial charge in [0.05, 0.1) is 4.88 Å². The lowest BCUT2D eigenvalue weighted by atomic mass is 10.1. The van der Waals surface area contributed by atoms with E-state index in [4.69, 9.17) is 0 Å². The SMILES string of the molecule is CCCC[C@H](NC(=O)c1sccc1-c1ccccc1)C(=O)O. The van der Waals surface area contributed by atoms with Gasteiger partial charge in [-0.2, -0.15) is 0 Å². The maximum absolute atomic E-state index is 12.4. The molecule has 1 amide bonds. The van der Waals surface area contributed by atoms with Crippen LogP contribution >= 0.6 is 11.3 Å². The molecule has 2 aromatic rings. The first kappa shape index (κ1) is 16.2. The lowest BCUT2D eigenvalue weighted by Gasteiger charge is -2.14. The third-order valence-corrected chi connectivity index (χ3v) is 4.32. The summed E-state index contributed by atoms with van der Waals surface area (Å²) in [6.45, 7) is 1.99. The van der Waals surface area contributed by atoms with Crippen molar-refractivity contribution in [2.24, 2.45) is 0 Å². The molecule has 0 aliphatic heterocycles. The largest absolute Gasteiger partial charge is 0.480 e. The first-order valence-electron chi connectivity index (χ1n) is 7.30. The van der Waals surface area contributed by atoms with Crippen molar-refractivity contribution in [1.29, 1.82) is 0 Å². The second-order valence-corrected chi connectivity index (χ2v) is 5.95. The molecule has 0 saturated heterocycles. The van der Waals surface area contributed by atoms with E-state index in [9.17, 15) is 14.7 Å². The van der Waals surface area contributed by atoms with Gasteiger partial charge in [-0.3, -0.25) is 4.79 Å². The highest BCUT2D eigenvalue weighted by Gasteiger charge is 2.22. The zero-order valence-electron chi connectivity index (χ0n) is 12.4. The van der Waals surface area contributed by atoms with E-state index in [1.54, 1.807) is 0 Å². The van der Waals surface area contributed by atoms with E-state index < -0.39 is 12.0 Å². The molecular weight excluding hydrogens is 298 g/mol. The monoisotopic (exact) mass is 317 g/mol. The van der Waals surface area contributed by atoms with Gasteiger partial charge in [0.1, 0.15) is 6.04 Å². The summed E-state index contributed by atoms with van der Waals surface area (Å²) in [6, 6.07) is 10.7. The van der Waals surface area contributed by atoms with Crippen LogP contribution in [0, 0.1) is 0 Å². The van der Waals surface area contributed by atoms with Crippen LogP contribution in [0.2, 0.25) is 0 Å². The average Bonchev–Trinajstić information content (AvgIpc) is 3.01. The fourth-order valence-corrected chi connectivity index (χ4v) is 3.04. The molecule has 1 atom stereocenters. The molecule has 0 aliphatic carbocycles. The highest BCUT2D eigenvalue weighted by Crippen LogP contribution is 2.28. The number of carbonyl (C=O) groups is 2. The smallest absolute Gasteiger partial charge is 0.326 e. The fourth-order valence-electron chi connectivity index (χ4n) is 2.22. The Bertz CT molecular complexity index is 636. The number of aliphatic carboxylic acids is 1. The molecule has 0 unspecified atom stereocenters. The van der Waals surface area contributed by atoms with Crippen LogP contribution in [-0.2, 0) is 4.79 Å². The van der Waals surface area contributed by atoms with Crippen molar-refractivity contribution in [1.82, 2.24) is 5.32 Å². The molecule has 0 bridgehead atoms. The number of carbonyl (C=O) groups excluding carboxylic acids is 1. The molecule has 1 aromatic heterocycles. The second-order valence-electron chi connectivity index (χ2n) is 5.04. The van der Waals surface area contributed by atoms with Crippen molar-refractivity contribution in [2.75, 3.05) is 0 Å². The molecule has 22 heavy (non-hydrogen) atoms. The summed E-state index contributed by atoms with van der Waals surface area (Å²) in [4.78, 5) is 24.2. The van der Waals surface area contributed by atoms with Gasteiger partial charge in [-0.25, -0.2) is 4.79 Å². The van der Waals surface area contributed by atoms with Crippen molar-refractivity contribution < 1.29 is 14.7 Å². The van der Waals surface area contributed by atoms with Crippen molar-refractivity contribution in [3.8, 4) is 11.1 Å². The van der Waals surface area contributed by atoms with Crippen LogP contribution in [-0.4, -0.2) is 23.0 Å². The topological polar surface area (TPSA) is 66.4 Å². The van der Waals surface area contributed by atoms with E-state index in [0.29, 0.717) is 11.3 Å². The summed E-state index contributed by atoms with van der Waals surface area (Å²) in [6.07, 6.45) is 2.12. The summed E-state index contributed by atoms with van der Waals surface area (Å²) in [5, 5.41) is 13.7. The van der Waals surface area contributed by atoms with E-state index in [2.05, 4.69) is 5.32 Å². The quantitative estimate of drug-likeness (QED) is 0.816. The van der Waals surface area contributed by atoms with Crippen molar-refractivity contribution in [3.05, 3.63) is 46.7 Å². The van der Waals surface area contributed by atoms with Crippen LogP contribution in [0.3, 0.4) is 0 Å². The molecule has 4 nitrogen and oxygen atoms in total. The number of amides is 1. The standard InChI is InChI=1S/C17H19NO3S/c1-2-3-9-14(17(20)21)18-16(19)15-13(10-11-22-15)12-7-5-4-6-8-12/h4-8,10-11,14H,2-3,9H2,1H3,(H,18,19)(H,20,21)/t14-/m0/s1. The Morgan fingerprint density at radius 1 is 1.23 bits per heavy atom. The molecule has 0 fully saturated rings. The van der Waals surface area contributed by atoms with Crippen molar-refractivity contribution in [3.63, 3.8) is 0 Å². The maximum atomic E-state index is 12.4. The van der Waals surface area contributed by atoms with Crippen LogP contribution in [0.4, 0.5) is 0 Å². The van der Waals surface area contributed by atoms with E-state index in [0.717, 1.165) is 24.0 Å². The Kier molecular flexibility index (Phi) is 5.72. The van der Waals surface area contributed by atoms with Gasteiger partial charge in [-0.05, 0) is 23.4 Å². The summed E-state index contributed by atoms with van der Waals surface area (Å²) in [7, 11) is 0. The zero-order chi connectivity index (χ0) is 15.9. The maximum Gasteiger partial charge on any atom is 0.326 e. The Balaban J connectivity index is 2.16. The van der Waals surface area contributed by atoms with Gasteiger partial charge in [0, 0.05) is 5.56 Å². The van der Waals surface area contributed by atoms with Crippen LogP contribution in [0.5, 0.6) is 0 Å². The number of hydrogen-bond donors (Lipinski definition) is 2. The highest BCUT2D eigenvalue weighted by atomic mass is 32.1. The molecule has 5 heteroatoms. The lowest BCUT2D eigenvalue weighted by Crippen LogP contribution is -2.40. The van der Waals surface area contributed by atoms with Crippen LogP contribution in [0.15, 0.2) is 41.8 Å². The Morgan fingerprint density at radius 3 is 2.59 bits per heavy atom. The van der Waals surface area contributed by atoms with Gasteiger partial charge in [-0.15, -0.1) is 11.3 Å². The minimum absolute atomic E-state index is 0.322. The van der Waals surface area contributed by atoms with E-state index in [1.807, 2.05) is 48.7 Å². The molecule has 0 aliphatic rings. The van der Waals surface area contributed by atoms with Gasteiger partial charge in [0.15, 0.2) is 0 Å². The number of carboxylic acids is 1. The third-order valence-electron chi connectivity index (χ3n) is 3.41. The van der Waals surface area contributed by atoms with Gasteiger partial charge >= 0.3 is 5.97 Å². The molecule has 0 radical (unpaired) electrons. The molecular formula is C17H19NO3S. The molecule has 0 saturated carbocycles. The Morgan fingerprint density at radius 2 is 1.95 bits per heavy atom.